The van der Waals surface area contributed by atoms with Gasteiger partial charge in [-0.3, -0.25) is 0 Å². The molecular formula is C14H12N4O3S. The summed E-state index contributed by atoms with van der Waals surface area (Å²) in [6.07, 6.45) is 1.46. The summed E-state index contributed by atoms with van der Waals surface area (Å²) in [6.45, 7) is 0. The first-order valence-corrected chi connectivity index (χ1v) is 7.55. The molecule has 0 amide bonds. The zero-order valence-electron chi connectivity index (χ0n) is 11.3. The molecule has 0 heterocycles. The predicted octanol–water partition coefficient (Wildman–Crippen LogP) is 1.47. The van der Waals surface area contributed by atoms with Gasteiger partial charge in [0.25, 0.3) is 10.0 Å². The predicted molar refractivity (Wildman–Crippen MR) is 79.8 cm³/mol. The van der Waals surface area contributed by atoms with E-state index in [0.717, 1.165) is 0 Å². The van der Waals surface area contributed by atoms with Crippen molar-refractivity contribution in [3.63, 3.8) is 0 Å². The lowest BCUT2D eigenvalue weighted by atomic mass is 10.3. The van der Waals surface area contributed by atoms with Crippen LogP contribution in [0.5, 0.6) is 5.75 Å². The van der Waals surface area contributed by atoms with Crippen molar-refractivity contribution in [1.82, 2.24) is 4.41 Å². The number of hydrogen-bond acceptors (Lipinski definition) is 5. The van der Waals surface area contributed by atoms with Gasteiger partial charge in [0.05, 0.1) is 4.90 Å². The number of para-hydroxylation sites is 1. The highest BCUT2D eigenvalue weighted by atomic mass is 32.2. The molecule has 0 aliphatic rings. The summed E-state index contributed by atoms with van der Waals surface area (Å²) >= 11 is 0. The van der Waals surface area contributed by atoms with Crippen molar-refractivity contribution in [3.05, 3.63) is 60.7 Å². The highest BCUT2D eigenvalue weighted by Crippen LogP contribution is 2.15. The van der Waals surface area contributed by atoms with Gasteiger partial charge >= 0.3 is 6.02 Å². The van der Waals surface area contributed by atoms with Crippen LogP contribution in [0.3, 0.4) is 0 Å². The minimum atomic E-state index is -4.11. The van der Waals surface area contributed by atoms with E-state index in [1.807, 2.05) is 0 Å². The maximum absolute atomic E-state index is 12.2. The summed E-state index contributed by atoms with van der Waals surface area (Å²) in [6, 6.07) is 15.4. The quantitative estimate of drug-likeness (QED) is 0.302. The lowest BCUT2D eigenvalue weighted by molar-refractivity contribution is 0.487. The SMILES string of the molecule is N#CN(/N=C(/N)Oc1ccccc1)S(=O)(=O)c1ccccc1. The van der Waals surface area contributed by atoms with Crippen LogP contribution >= 0.6 is 0 Å². The molecule has 0 spiro atoms. The van der Waals surface area contributed by atoms with Crippen molar-refractivity contribution in [1.29, 1.82) is 5.26 Å². The molecule has 2 aromatic rings. The summed E-state index contributed by atoms with van der Waals surface area (Å²) < 4.78 is 29.8. The number of sulfonamides is 1. The molecule has 0 fully saturated rings. The molecule has 7 nitrogen and oxygen atoms in total. The second-order valence-electron chi connectivity index (χ2n) is 4.01. The van der Waals surface area contributed by atoms with Gasteiger partial charge in [0, 0.05) is 0 Å². The van der Waals surface area contributed by atoms with Crippen LogP contribution in [-0.4, -0.2) is 18.9 Å². The molecule has 22 heavy (non-hydrogen) atoms. The number of rotatable bonds is 4. The highest BCUT2D eigenvalue weighted by Gasteiger charge is 2.23. The smallest absolute Gasteiger partial charge is 0.311 e. The van der Waals surface area contributed by atoms with E-state index in [1.54, 1.807) is 36.4 Å². The number of nitrogens with two attached hydrogens (primary N) is 1. The van der Waals surface area contributed by atoms with E-state index in [4.69, 9.17) is 15.7 Å². The third kappa shape index (κ3) is 3.53. The van der Waals surface area contributed by atoms with E-state index >= 15 is 0 Å². The Bertz CT molecular complexity index is 799. The summed E-state index contributed by atoms with van der Waals surface area (Å²) in [7, 11) is -4.11. The Kier molecular flexibility index (Phi) is 4.60. The molecule has 2 rings (SSSR count). The Labute approximate surface area is 127 Å². The molecule has 8 heteroatoms. The van der Waals surface area contributed by atoms with Crippen LogP contribution in [0.15, 0.2) is 70.7 Å². The molecule has 0 bridgehead atoms. The summed E-state index contributed by atoms with van der Waals surface area (Å²) in [4.78, 5) is -0.0761. The first-order chi connectivity index (χ1) is 10.5. The van der Waals surface area contributed by atoms with Gasteiger partial charge in [-0.05, 0) is 24.3 Å². The topological polar surface area (TPSA) is 109 Å². The van der Waals surface area contributed by atoms with Gasteiger partial charge in [0.15, 0.2) is 0 Å². The monoisotopic (exact) mass is 316 g/mol. The Morgan fingerprint density at radius 1 is 1.09 bits per heavy atom. The van der Waals surface area contributed by atoms with Crippen molar-refractivity contribution in [2.24, 2.45) is 10.8 Å². The van der Waals surface area contributed by atoms with Gasteiger partial charge < -0.3 is 10.5 Å². The lowest BCUT2D eigenvalue weighted by Crippen LogP contribution is -2.28. The first-order valence-electron chi connectivity index (χ1n) is 6.11. The van der Waals surface area contributed by atoms with E-state index in [1.165, 1.54) is 30.5 Å². The maximum atomic E-state index is 12.2. The average molecular weight is 316 g/mol. The molecular weight excluding hydrogens is 304 g/mol. The van der Waals surface area contributed by atoms with E-state index in [-0.39, 0.29) is 9.31 Å². The van der Waals surface area contributed by atoms with Gasteiger partial charge in [-0.2, -0.15) is 13.7 Å². The van der Waals surface area contributed by atoms with Gasteiger partial charge in [0.2, 0.25) is 6.19 Å². The Morgan fingerprint density at radius 2 is 1.64 bits per heavy atom. The highest BCUT2D eigenvalue weighted by molar-refractivity contribution is 7.89. The summed E-state index contributed by atoms with van der Waals surface area (Å²) in [5.41, 5.74) is 5.53. The van der Waals surface area contributed by atoms with Crippen molar-refractivity contribution >= 4 is 16.0 Å². The largest absolute Gasteiger partial charge is 0.425 e. The molecule has 0 aliphatic carbocycles. The van der Waals surface area contributed by atoms with Crippen molar-refractivity contribution in [2.75, 3.05) is 0 Å². The fourth-order valence-electron chi connectivity index (χ4n) is 1.54. The maximum Gasteiger partial charge on any atom is 0.311 e. The Balaban J connectivity index is 2.25. The first kappa shape index (κ1) is 15.3. The standard InChI is InChI=1S/C14H12N4O3S/c15-11-18(22(19,20)13-9-5-2-6-10-13)17-14(16)21-12-7-3-1-4-8-12/h1-10H,(H2,16,17). The number of benzene rings is 2. The Hall–Kier alpha value is -3.05. The van der Waals surface area contributed by atoms with Crippen LogP contribution in [0.4, 0.5) is 0 Å². The molecule has 0 radical (unpaired) electrons. The summed E-state index contributed by atoms with van der Waals surface area (Å²) in [5.74, 6) is 0.374. The average Bonchev–Trinajstić information content (AvgIpc) is 2.54. The van der Waals surface area contributed by atoms with Crippen LogP contribution < -0.4 is 10.5 Å². The zero-order valence-corrected chi connectivity index (χ0v) is 12.1. The normalized spacial score (nSPS) is 11.5. The second-order valence-corrected chi connectivity index (χ2v) is 5.78. The van der Waals surface area contributed by atoms with E-state index in [0.29, 0.717) is 5.75 Å². The van der Waals surface area contributed by atoms with Gasteiger partial charge in [-0.25, -0.2) is 0 Å². The second kappa shape index (κ2) is 6.60. The van der Waals surface area contributed by atoms with E-state index in [9.17, 15) is 8.42 Å². The Morgan fingerprint density at radius 3 is 2.18 bits per heavy atom. The molecule has 2 N–H and O–H groups in total. The van der Waals surface area contributed by atoms with Crippen LogP contribution in [0.1, 0.15) is 0 Å². The fraction of sp³-hybridized carbons (Fsp3) is 0. The van der Waals surface area contributed by atoms with E-state index in [2.05, 4.69) is 5.10 Å². The zero-order chi connectivity index (χ0) is 16.0. The third-order valence-corrected chi connectivity index (χ3v) is 4.00. The van der Waals surface area contributed by atoms with Gasteiger partial charge in [0.1, 0.15) is 5.75 Å². The van der Waals surface area contributed by atoms with Crippen LogP contribution in [0.2, 0.25) is 0 Å². The minimum Gasteiger partial charge on any atom is -0.425 e. The van der Waals surface area contributed by atoms with Crippen LogP contribution in [0.25, 0.3) is 0 Å². The van der Waals surface area contributed by atoms with E-state index < -0.39 is 16.0 Å². The molecule has 0 unspecified atom stereocenters. The van der Waals surface area contributed by atoms with Gasteiger partial charge in [-0.15, -0.1) is 0 Å². The fourth-order valence-corrected chi connectivity index (χ4v) is 2.54. The minimum absolute atomic E-state index is 0.0761. The number of amidine groups is 1. The number of ether oxygens (including phenoxy) is 1. The number of hydrazone groups is 1. The molecule has 112 valence electrons. The molecule has 0 saturated carbocycles. The molecule has 2 aromatic carbocycles. The third-order valence-electron chi connectivity index (χ3n) is 2.51. The number of hydrogen-bond donors (Lipinski definition) is 1. The molecule has 0 aliphatic heterocycles. The van der Waals surface area contributed by atoms with Crippen molar-refractivity contribution in [2.45, 2.75) is 4.90 Å². The van der Waals surface area contributed by atoms with Crippen LogP contribution in [0, 0.1) is 11.5 Å². The summed E-state index contributed by atoms with van der Waals surface area (Å²) in [5, 5.41) is 12.5. The molecule has 0 aromatic heterocycles. The molecule has 0 saturated heterocycles. The number of nitriles is 1. The van der Waals surface area contributed by atoms with Gasteiger partial charge in [-0.1, -0.05) is 45.9 Å². The van der Waals surface area contributed by atoms with Crippen LogP contribution in [-0.2, 0) is 10.0 Å². The number of nitrogens with zero attached hydrogens (tertiary/aromatic N) is 3. The lowest BCUT2D eigenvalue weighted by Gasteiger charge is -2.11. The molecule has 0 atom stereocenters. The van der Waals surface area contributed by atoms with Crippen molar-refractivity contribution in [3.8, 4) is 11.9 Å². The van der Waals surface area contributed by atoms with Crippen molar-refractivity contribution < 1.29 is 13.2 Å².